The average Bonchev–Trinajstić information content (AvgIpc) is 2.87. The maximum Gasteiger partial charge on any atom is 0.224 e. The van der Waals surface area contributed by atoms with Gasteiger partial charge in [-0.25, -0.2) is 0 Å². The molecule has 1 aliphatic heterocycles. The maximum absolute atomic E-state index is 11.7. The molecule has 1 heterocycles. The number of nitrogens with zero attached hydrogens (tertiary/aromatic N) is 1. The number of likely N-dealkylation sites (tertiary alicyclic amines) is 1. The van der Waals surface area contributed by atoms with Crippen molar-refractivity contribution in [1.82, 2.24) is 10.2 Å². The van der Waals surface area contributed by atoms with E-state index in [1.54, 1.807) is 0 Å². The van der Waals surface area contributed by atoms with E-state index in [-0.39, 0.29) is 0 Å². The summed E-state index contributed by atoms with van der Waals surface area (Å²) >= 11 is 0. The molecule has 0 spiro atoms. The highest BCUT2D eigenvalue weighted by atomic mass is 16.2. The number of hydrogen-bond donors (Lipinski definition) is 1. The van der Waals surface area contributed by atoms with Crippen LogP contribution >= 0.6 is 0 Å². The van der Waals surface area contributed by atoms with E-state index in [2.05, 4.69) is 12.2 Å². The predicted molar refractivity (Wildman–Crippen MR) is 56.1 cm³/mol. The lowest BCUT2D eigenvalue weighted by atomic mass is 10.2. The van der Waals surface area contributed by atoms with E-state index in [4.69, 9.17) is 0 Å². The summed E-state index contributed by atoms with van der Waals surface area (Å²) in [5.74, 6) is 0.336. The van der Waals surface area contributed by atoms with Crippen molar-refractivity contribution in [1.29, 1.82) is 0 Å². The van der Waals surface area contributed by atoms with E-state index < -0.39 is 0 Å². The summed E-state index contributed by atoms with van der Waals surface area (Å²) in [4.78, 5) is 13.8. The van der Waals surface area contributed by atoms with Crippen LogP contribution < -0.4 is 5.32 Å². The van der Waals surface area contributed by atoms with Gasteiger partial charge in [0.1, 0.15) is 0 Å². The SMILES string of the molecule is CC1CCCN1C(=O)CCNC1CC1. The van der Waals surface area contributed by atoms with Gasteiger partial charge in [-0.3, -0.25) is 4.79 Å². The zero-order valence-corrected chi connectivity index (χ0v) is 8.96. The van der Waals surface area contributed by atoms with E-state index in [0.29, 0.717) is 18.4 Å². The second-order valence-electron chi connectivity index (χ2n) is 4.56. The summed E-state index contributed by atoms with van der Waals surface area (Å²) < 4.78 is 0. The van der Waals surface area contributed by atoms with Crippen molar-refractivity contribution >= 4 is 5.91 Å². The Morgan fingerprint density at radius 1 is 1.43 bits per heavy atom. The quantitative estimate of drug-likeness (QED) is 0.731. The highest BCUT2D eigenvalue weighted by molar-refractivity contribution is 5.77. The van der Waals surface area contributed by atoms with Crippen LogP contribution in [0.25, 0.3) is 0 Å². The lowest BCUT2D eigenvalue weighted by molar-refractivity contribution is -0.131. The summed E-state index contributed by atoms with van der Waals surface area (Å²) in [5.41, 5.74) is 0. The Balaban J connectivity index is 1.65. The Labute approximate surface area is 85.8 Å². The number of carbonyl (C=O) groups excluding carboxylic acids is 1. The number of nitrogens with one attached hydrogen (secondary N) is 1. The number of carbonyl (C=O) groups is 1. The molecule has 2 rings (SSSR count). The molecule has 1 amide bonds. The predicted octanol–water partition coefficient (Wildman–Crippen LogP) is 1.14. The fourth-order valence-electron chi connectivity index (χ4n) is 2.12. The highest BCUT2D eigenvalue weighted by Crippen LogP contribution is 2.19. The smallest absolute Gasteiger partial charge is 0.224 e. The van der Waals surface area contributed by atoms with Gasteiger partial charge in [0.2, 0.25) is 5.91 Å². The largest absolute Gasteiger partial charge is 0.340 e. The summed E-state index contributed by atoms with van der Waals surface area (Å²) in [6.07, 6.45) is 5.65. The Morgan fingerprint density at radius 3 is 2.79 bits per heavy atom. The molecule has 1 atom stereocenters. The van der Waals surface area contributed by atoms with Crippen LogP contribution in [0, 0.1) is 0 Å². The van der Waals surface area contributed by atoms with Gasteiger partial charge in [-0.2, -0.15) is 0 Å². The molecule has 0 radical (unpaired) electrons. The van der Waals surface area contributed by atoms with Crippen molar-refractivity contribution in [2.24, 2.45) is 0 Å². The van der Waals surface area contributed by atoms with E-state index in [1.807, 2.05) is 4.90 Å². The number of rotatable bonds is 4. The topological polar surface area (TPSA) is 32.3 Å². The van der Waals surface area contributed by atoms with Crippen molar-refractivity contribution in [2.45, 2.75) is 51.1 Å². The third kappa shape index (κ3) is 2.47. The molecule has 14 heavy (non-hydrogen) atoms. The van der Waals surface area contributed by atoms with Gasteiger partial charge in [-0.1, -0.05) is 0 Å². The summed E-state index contributed by atoms with van der Waals surface area (Å²) in [7, 11) is 0. The van der Waals surface area contributed by atoms with Crippen molar-refractivity contribution < 1.29 is 4.79 Å². The molecule has 0 aromatic heterocycles. The molecule has 3 nitrogen and oxygen atoms in total. The Kier molecular flexibility index (Phi) is 3.06. The molecule has 1 unspecified atom stereocenters. The second kappa shape index (κ2) is 4.30. The van der Waals surface area contributed by atoms with Crippen molar-refractivity contribution in [3.8, 4) is 0 Å². The normalized spacial score (nSPS) is 26.9. The van der Waals surface area contributed by atoms with Crippen LogP contribution in [0.5, 0.6) is 0 Å². The molecule has 0 aromatic rings. The molecule has 1 aliphatic carbocycles. The minimum Gasteiger partial charge on any atom is -0.340 e. The zero-order valence-electron chi connectivity index (χ0n) is 8.96. The molecule has 1 saturated heterocycles. The van der Waals surface area contributed by atoms with Crippen LogP contribution in [0.4, 0.5) is 0 Å². The maximum atomic E-state index is 11.7. The first-order valence-electron chi connectivity index (χ1n) is 5.80. The van der Waals surface area contributed by atoms with Crippen molar-refractivity contribution in [3.63, 3.8) is 0 Å². The minimum absolute atomic E-state index is 0.336. The second-order valence-corrected chi connectivity index (χ2v) is 4.56. The molecule has 0 bridgehead atoms. The molecule has 2 fully saturated rings. The lowest BCUT2D eigenvalue weighted by Gasteiger charge is -2.21. The Bertz CT molecular complexity index is 213. The molecule has 80 valence electrons. The van der Waals surface area contributed by atoms with Crippen LogP contribution in [0.2, 0.25) is 0 Å². The average molecular weight is 196 g/mol. The standard InChI is InChI=1S/C11H20N2O/c1-9-3-2-8-13(9)11(14)6-7-12-10-4-5-10/h9-10,12H,2-8H2,1H3. The third-order valence-electron chi connectivity index (χ3n) is 3.22. The molecule has 1 N–H and O–H groups in total. The van der Waals surface area contributed by atoms with Crippen molar-refractivity contribution in [3.05, 3.63) is 0 Å². The molecule has 2 aliphatic rings. The molecular formula is C11H20N2O. The molecule has 0 aromatic carbocycles. The highest BCUT2D eigenvalue weighted by Gasteiger charge is 2.25. The van der Waals surface area contributed by atoms with Gasteiger partial charge in [0.25, 0.3) is 0 Å². The van der Waals surface area contributed by atoms with Crippen molar-refractivity contribution in [2.75, 3.05) is 13.1 Å². The lowest BCUT2D eigenvalue weighted by Crippen LogP contribution is -2.35. The first-order valence-corrected chi connectivity index (χ1v) is 5.80. The van der Waals surface area contributed by atoms with Crippen LogP contribution in [0.3, 0.4) is 0 Å². The number of amides is 1. The van der Waals surface area contributed by atoms with Gasteiger partial charge in [0, 0.05) is 31.6 Å². The molecule has 1 saturated carbocycles. The first-order chi connectivity index (χ1) is 6.77. The monoisotopic (exact) mass is 196 g/mol. The first kappa shape index (κ1) is 9.97. The molecule has 3 heteroatoms. The fraction of sp³-hybridized carbons (Fsp3) is 0.909. The van der Waals surface area contributed by atoms with E-state index in [9.17, 15) is 4.79 Å². The third-order valence-corrected chi connectivity index (χ3v) is 3.22. The van der Waals surface area contributed by atoms with Gasteiger partial charge in [-0.05, 0) is 32.6 Å². The fourth-order valence-corrected chi connectivity index (χ4v) is 2.12. The summed E-state index contributed by atoms with van der Waals surface area (Å²) in [6, 6.07) is 1.20. The Hall–Kier alpha value is -0.570. The van der Waals surface area contributed by atoms with E-state index >= 15 is 0 Å². The van der Waals surface area contributed by atoms with Gasteiger partial charge in [0.05, 0.1) is 0 Å². The van der Waals surface area contributed by atoms with E-state index in [0.717, 1.165) is 19.1 Å². The Morgan fingerprint density at radius 2 is 2.21 bits per heavy atom. The minimum atomic E-state index is 0.336. The zero-order chi connectivity index (χ0) is 9.97. The number of hydrogen-bond acceptors (Lipinski definition) is 2. The molecular weight excluding hydrogens is 176 g/mol. The van der Waals surface area contributed by atoms with Crippen LogP contribution in [0.1, 0.15) is 39.0 Å². The van der Waals surface area contributed by atoms with Gasteiger partial charge >= 0.3 is 0 Å². The van der Waals surface area contributed by atoms with Gasteiger partial charge in [0.15, 0.2) is 0 Å². The van der Waals surface area contributed by atoms with E-state index in [1.165, 1.54) is 25.7 Å². The summed E-state index contributed by atoms with van der Waals surface area (Å²) in [6.45, 7) is 4.00. The van der Waals surface area contributed by atoms with Crippen LogP contribution in [-0.4, -0.2) is 36.0 Å². The van der Waals surface area contributed by atoms with Crippen LogP contribution in [-0.2, 0) is 4.79 Å². The van der Waals surface area contributed by atoms with Gasteiger partial charge < -0.3 is 10.2 Å². The summed E-state index contributed by atoms with van der Waals surface area (Å²) in [5, 5.41) is 3.38. The van der Waals surface area contributed by atoms with Crippen LogP contribution in [0.15, 0.2) is 0 Å². The van der Waals surface area contributed by atoms with Gasteiger partial charge in [-0.15, -0.1) is 0 Å².